The SMILES string of the molecule is Nc1ccc(C(=O)OCc2ccc(Cl)c(F)c2)c(N)c1. The lowest BCUT2D eigenvalue weighted by molar-refractivity contribution is 0.0473. The number of carbonyl (C=O) groups excluding carboxylic acids is 1. The molecule has 4 nitrogen and oxygen atoms in total. The number of esters is 1. The first kappa shape index (κ1) is 14.1. The van der Waals surface area contributed by atoms with Gasteiger partial charge in [-0.1, -0.05) is 17.7 Å². The molecule has 0 aliphatic rings. The Morgan fingerprint density at radius 3 is 2.60 bits per heavy atom. The van der Waals surface area contributed by atoms with Crippen LogP contribution in [0.5, 0.6) is 0 Å². The number of halogens is 2. The highest BCUT2D eigenvalue weighted by Crippen LogP contribution is 2.19. The smallest absolute Gasteiger partial charge is 0.340 e. The van der Waals surface area contributed by atoms with E-state index in [1.165, 1.54) is 24.3 Å². The molecule has 0 bridgehead atoms. The maximum absolute atomic E-state index is 13.2. The van der Waals surface area contributed by atoms with Crippen molar-refractivity contribution >= 4 is 28.9 Å². The molecule has 2 aromatic carbocycles. The van der Waals surface area contributed by atoms with E-state index >= 15 is 0 Å². The number of benzene rings is 2. The molecule has 0 saturated carbocycles. The number of hydrogen-bond acceptors (Lipinski definition) is 4. The summed E-state index contributed by atoms with van der Waals surface area (Å²) in [6.07, 6.45) is 0. The Bertz CT molecular complexity index is 662. The summed E-state index contributed by atoms with van der Waals surface area (Å²) in [6.45, 7) is -0.0727. The molecule has 0 aliphatic heterocycles. The summed E-state index contributed by atoms with van der Waals surface area (Å²) in [5, 5.41) is 0.0165. The van der Waals surface area contributed by atoms with Crippen LogP contribution < -0.4 is 11.5 Å². The number of rotatable bonds is 3. The van der Waals surface area contributed by atoms with Gasteiger partial charge < -0.3 is 16.2 Å². The predicted octanol–water partition coefficient (Wildman–Crippen LogP) is 3.00. The molecule has 2 rings (SSSR count). The van der Waals surface area contributed by atoms with Gasteiger partial charge in [-0.05, 0) is 35.9 Å². The summed E-state index contributed by atoms with van der Waals surface area (Å²) in [7, 11) is 0. The van der Waals surface area contributed by atoms with Crippen LogP contribution in [0.3, 0.4) is 0 Å². The minimum Gasteiger partial charge on any atom is -0.457 e. The first-order valence-corrected chi connectivity index (χ1v) is 6.11. The van der Waals surface area contributed by atoms with Crippen molar-refractivity contribution in [2.75, 3.05) is 11.5 Å². The number of nitrogen functional groups attached to an aromatic ring is 2. The van der Waals surface area contributed by atoms with Gasteiger partial charge in [-0.15, -0.1) is 0 Å². The summed E-state index contributed by atoms with van der Waals surface area (Å²) >= 11 is 5.56. The van der Waals surface area contributed by atoms with E-state index in [1.807, 2.05) is 0 Å². The van der Waals surface area contributed by atoms with Crippen LogP contribution in [0, 0.1) is 5.82 Å². The van der Waals surface area contributed by atoms with E-state index in [-0.39, 0.29) is 22.9 Å². The quantitative estimate of drug-likeness (QED) is 0.674. The Labute approximate surface area is 120 Å². The minimum atomic E-state index is -0.599. The van der Waals surface area contributed by atoms with Crippen LogP contribution in [0.4, 0.5) is 15.8 Å². The molecular formula is C14H12ClFN2O2. The lowest BCUT2D eigenvalue weighted by Crippen LogP contribution is -2.08. The highest BCUT2D eigenvalue weighted by atomic mass is 35.5. The van der Waals surface area contributed by atoms with Gasteiger partial charge in [0, 0.05) is 11.4 Å². The lowest BCUT2D eigenvalue weighted by Gasteiger charge is -2.08. The van der Waals surface area contributed by atoms with Crippen molar-refractivity contribution < 1.29 is 13.9 Å². The standard InChI is InChI=1S/C14H12ClFN2O2/c15-11-4-1-8(5-12(11)16)7-20-14(19)10-3-2-9(17)6-13(10)18/h1-6H,7,17-18H2. The third kappa shape index (κ3) is 3.19. The number of ether oxygens (including phenoxy) is 1. The van der Waals surface area contributed by atoms with E-state index in [0.29, 0.717) is 11.3 Å². The Hall–Kier alpha value is -2.27. The van der Waals surface area contributed by atoms with Crippen LogP contribution in [0.25, 0.3) is 0 Å². The highest BCUT2D eigenvalue weighted by molar-refractivity contribution is 6.30. The van der Waals surface area contributed by atoms with Gasteiger partial charge >= 0.3 is 5.97 Å². The first-order valence-electron chi connectivity index (χ1n) is 5.73. The van der Waals surface area contributed by atoms with Gasteiger partial charge in [0.25, 0.3) is 0 Å². The summed E-state index contributed by atoms with van der Waals surface area (Å²) in [6, 6.07) is 8.69. The zero-order valence-electron chi connectivity index (χ0n) is 10.4. The van der Waals surface area contributed by atoms with Gasteiger partial charge in [0.05, 0.1) is 10.6 Å². The van der Waals surface area contributed by atoms with E-state index in [9.17, 15) is 9.18 Å². The zero-order chi connectivity index (χ0) is 14.7. The second-order valence-corrected chi connectivity index (χ2v) is 4.58. The van der Waals surface area contributed by atoms with Crippen LogP contribution in [-0.4, -0.2) is 5.97 Å². The first-order chi connectivity index (χ1) is 9.47. The van der Waals surface area contributed by atoms with Crippen LogP contribution in [-0.2, 0) is 11.3 Å². The molecule has 20 heavy (non-hydrogen) atoms. The molecule has 0 amide bonds. The summed E-state index contributed by atoms with van der Waals surface area (Å²) in [5.41, 5.74) is 12.6. The fraction of sp³-hybridized carbons (Fsp3) is 0.0714. The second kappa shape index (κ2) is 5.79. The van der Waals surface area contributed by atoms with Crippen molar-refractivity contribution in [3.8, 4) is 0 Å². The van der Waals surface area contributed by atoms with Crippen molar-refractivity contribution in [2.24, 2.45) is 0 Å². The van der Waals surface area contributed by atoms with Crippen molar-refractivity contribution in [2.45, 2.75) is 6.61 Å². The summed E-state index contributed by atoms with van der Waals surface area (Å²) in [5.74, 6) is -1.16. The molecule has 0 fully saturated rings. The lowest BCUT2D eigenvalue weighted by atomic mass is 10.1. The molecule has 0 saturated heterocycles. The highest BCUT2D eigenvalue weighted by Gasteiger charge is 2.12. The van der Waals surface area contributed by atoms with Crippen molar-refractivity contribution in [1.29, 1.82) is 0 Å². The van der Waals surface area contributed by atoms with E-state index < -0.39 is 11.8 Å². The van der Waals surface area contributed by atoms with Crippen molar-refractivity contribution in [3.05, 3.63) is 58.4 Å². The number of carbonyl (C=O) groups is 1. The van der Waals surface area contributed by atoms with Gasteiger partial charge in [0.15, 0.2) is 0 Å². The zero-order valence-corrected chi connectivity index (χ0v) is 11.2. The largest absolute Gasteiger partial charge is 0.457 e. The Morgan fingerprint density at radius 2 is 1.95 bits per heavy atom. The van der Waals surface area contributed by atoms with Crippen LogP contribution in [0.1, 0.15) is 15.9 Å². The molecule has 104 valence electrons. The molecule has 4 N–H and O–H groups in total. The molecule has 0 radical (unpaired) electrons. The fourth-order valence-corrected chi connectivity index (χ4v) is 1.74. The third-order valence-corrected chi connectivity index (χ3v) is 2.96. The molecule has 6 heteroatoms. The second-order valence-electron chi connectivity index (χ2n) is 4.17. The van der Waals surface area contributed by atoms with Gasteiger partial charge in [-0.3, -0.25) is 0 Å². The van der Waals surface area contributed by atoms with E-state index in [4.69, 9.17) is 27.8 Å². The maximum Gasteiger partial charge on any atom is 0.340 e. The van der Waals surface area contributed by atoms with Crippen LogP contribution >= 0.6 is 11.6 Å². The number of nitrogens with two attached hydrogens (primary N) is 2. The average molecular weight is 295 g/mol. The molecule has 0 heterocycles. The average Bonchev–Trinajstić information content (AvgIpc) is 2.40. The summed E-state index contributed by atoms with van der Waals surface area (Å²) < 4.78 is 18.3. The van der Waals surface area contributed by atoms with E-state index in [2.05, 4.69) is 0 Å². The Kier molecular flexibility index (Phi) is 4.10. The molecule has 2 aromatic rings. The van der Waals surface area contributed by atoms with E-state index in [0.717, 1.165) is 0 Å². The molecule has 0 aromatic heterocycles. The molecular weight excluding hydrogens is 283 g/mol. The molecule has 0 unspecified atom stereocenters. The summed E-state index contributed by atoms with van der Waals surface area (Å²) in [4.78, 5) is 11.8. The van der Waals surface area contributed by atoms with Gasteiger partial charge in [-0.2, -0.15) is 0 Å². The van der Waals surface area contributed by atoms with Crippen molar-refractivity contribution in [3.63, 3.8) is 0 Å². The van der Waals surface area contributed by atoms with Crippen LogP contribution in [0.15, 0.2) is 36.4 Å². The van der Waals surface area contributed by atoms with Crippen LogP contribution in [0.2, 0.25) is 5.02 Å². The predicted molar refractivity (Wildman–Crippen MR) is 75.8 cm³/mol. The number of hydrogen-bond donors (Lipinski definition) is 2. The number of anilines is 2. The minimum absolute atomic E-state index is 0.0165. The van der Waals surface area contributed by atoms with Gasteiger partial charge in [-0.25, -0.2) is 9.18 Å². The molecule has 0 spiro atoms. The molecule has 0 aliphatic carbocycles. The van der Waals surface area contributed by atoms with Crippen molar-refractivity contribution in [1.82, 2.24) is 0 Å². The maximum atomic E-state index is 13.2. The fourth-order valence-electron chi connectivity index (χ4n) is 1.62. The van der Waals surface area contributed by atoms with E-state index in [1.54, 1.807) is 12.1 Å². The topological polar surface area (TPSA) is 78.3 Å². The van der Waals surface area contributed by atoms with Gasteiger partial charge in [0.2, 0.25) is 0 Å². The third-order valence-electron chi connectivity index (χ3n) is 2.65. The van der Waals surface area contributed by atoms with Gasteiger partial charge in [0.1, 0.15) is 12.4 Å². The monoisotopic (exact) mass is 294 g/mol. The Balaban J connectivity index is 2.06. The Morgan fingerprint density at radius 1 is 1.20 bits per heavy atom. The molecule has 0 atom stereocenters. The normalized spacial score (nSPS) is 10.3.